The molecule has 0 fully saturated rings. The van der Waals surface area contributed by atoms with E-state index in [0.717, 1.165) is 16.8 Å². The third-order valence-corrected chi connectivity index (χ3v) is 4.26. The van der Waals surface area contributed by atoms with E-state index in [2.05, 4.69) is 15.0 Å². The molecule has 128 valence electrons. The van der Waals surface area contributed by atoms with Gasteiger partial charge in [0, 0.05) is 24.2 Å². The Balaban J connectivity index is 1.71. The first-order valence-corrected chi connectivity index (χ1v) is 8.17. The highest BCUT2D eigenvalue weighted by molar-refractivity contribution is 6.34. The van der Waals surface area contributed by atoms with Crippen LogP contribution in [0.4, 0.5) is 0 Å². The first-order chi connectivity index (χ1) is 14.3. The number of rotatable bonds is 4. The second-order valence-corrected chi connectivity index (χ2v) is 6.12. The predicted octanol–water partition coefficient (Wildman–Crippen LogP) is 4.11. The lowest BCUT2D eigenvalue weighted by atomic mass is 10.1. The summed E-state index contributed by atoms with van der Waals surface area (Å²) >= 11 is 6.05. The molecule has 0 saturated carbocycles. The molecule has 0 atom stereocenters. The van der Waals surface area contributed by atoms with Crippen molar-refractivity contribution in [1.29, 1.82) is 0 Å². The molecule has 0 unspecified atom stereocenters. The Morgan fingerprint density at radius 1 is 1.27 bits per heavy atom. The lowest BCUT2D eigenvalue weighted by Crippen LogP contribution is -2.06. The van der Waals surface area contributed by atoms with Gasteiger partial charge < -0.3 is 4.57 Å². The number of hydrogen-bond donors (Lipinski definition) is 0. The number of halogens is 1. The first kappa shape index (κ1) is 12.3. The van der Waals surface area contributed by atoms with Gasteiger partial charge in [-0.15, -0.1) is 0 Å². The number of imidazole rings is 1. The summed E-state index contributed by atoms with van der Waals surface area (Å²) in [5.74, 6) is -0.540. The maximum atomic E-state index is 12.8. The van der Waals surface area contributed by atoms with Gasteiger partial charge in [-0.2, -0.15) is 0 Å². The Bertz CT molecular complexity index is 1290. The number of carbonyl (C=O) groups excluding carboxylic acids is 1. The molecular formula is C20H15ClN4O. The SMILES string of the molecule is [2H]c1c([2H])c([2H])c(C(=O)Cc2cc3nc(-c4cncn4C)ccc3cn2)c(Cl)c1[2H]. The fourth-order valence-corrected chi connectivity index (χ4v) is 2.84. The van der Waals surface area contributed by atoms with Gasteiger partial charge in [0.15, 0.2) is 5.78 Å². The summed E-state index contributed by atoms with van der Waals surface area (Å²) in [5.41, 5.74) is 2.41. The topological polar surface area (TPSA) is 60.7 Å². The fraction of sp³-hybridized carbons (Fsp3) is 0.100. The molecule has 4 aromatic rings. The minimum Gasteiger partial charge on any atom is -0.332 e. The number of fused-ring (bicyclic) bond motifs is 1. The van der Waals surface area contributed by atoms with Crippen molar-refractivity contribution < 1.29 is 10.3 Å². The third-order valence-electron chi connectivity index (χ3n) is 3.97. The maximum absolute atomic E-state index is 12.8. The van der Waals surface area contributed by atoms with Gasteiger partial charge >= 0.3 is 0 Å². The van der Waals surface area contributed by atoms with Crippen LogP contribution in [0.15, 0.2) is 61.1 Å². The van der Waals surface area contributed by atoms with Crippen LogP contribution in [0.5, 0.6) is 0 Å². The zero-order valence-electron chi connectivity index (χ0n) is 17.7. The van der Waals surface area contributed by atoms with Crippen LogP contribution in [0, 0.1) is 0 Å². The van der Waals surface area contributed by atoms with E-state index in [1.807, 2.05) is 23.7 Å². The quantitative estimate of drug-likeness (QED) is 0.510. The minimum atomic E-state index is -0.540. The molecule has 6 heteroatoms. The van der Waals surface area contributed by atoms with Crippen molar-refractivity contribution in [3.8, 4) is 11.4 Å². The zero-order chi connectivity index (χ0) is 21.6. The monoisotopic (exact) mass is 366 g/mol. The molecular weight excluding hydrogens is 348 g/mol. The van der Waals surface area contributed by atoms with Crippen molar-refractivity contribution in [2.75, 3.05) is 0 Å². The average Bonchev–Trinajstić information content (AvgIpc) is 3.16. The number of aryl methyl sites for hydroxylation is 1. The number of benzene rings is 1. The summed E-state index contributed by atoms with van der Waals surface area (Å²) in [5, 5.41) is 0.514. The number of nitrogens with zero attached hydrogens (tertiary/aromatic N) is 4. The lowest BCUT2D eigenvalue weighted by Gasteiger charge is -2.06. The third kappa shape index (κ3) is 3.09. The van der Waals surface area contributed by atoms with Crippen molar-refractivity contribution in [2.24, 2.45) is 7.05 Å². The van der Waals surface area contributed by atoms with Crippen LogP contribution >= 0.6 is 11.6 Å². The molecule has 0 aliphatic carbocycles. The second-order valence-electron chi connectivity index (χ2n) is 5.74. The molecule has 0 N–H and O–H groups in total. The van der Waals surface area contributed by atoms with Gasteiger partial charge in [0.25, 0.3) is 0 Å². The highest BCUT2D eigenvalue weighted by Gasteiger charge is 2.12. The Morgan fingerprint density at radius 3 is 2.92 bits per heavy atom. The van der Waals surface area contributed by atoms with Crippen LogP contribution in [-0.2, 0) is 13.5 Å². The molecule has 0 amide bonds. The molecule has 0 saturated heterocycles. The number of aromatic nitrogens is 4. The Labute approximate surface area is 160 Å². The summed E-state index contributed by atoms with van der Waals surface area (Å²) in [6.07, 6.45) is 4.84. The molecule has 0 radical (unpaired) electrons. The number of hydrogen-bond acceptors (Lipinski definition) is 4. The van der Waals surface area contributed by atoms with Crippen molar-refractivity contribution in [2.45, 2.75) is 6.42 Å². The average molecular weight is 367 g/mol. The largest absolute Gasteiger partial charge is 0.332 e. The molecule has 0 aliphatic heterocycles. The molecule has 1 aromatic carbocycles. The second kappa shape index (κ2) is 6.69. The molecule has 3 heterocycles. The first-order valence-electron chi connectivity index (χ1n) is 9.79. The van der Waals surface area contributed by atoms with Crippen LogP contribution in [0.25, 0.3) is 22.3 Å². The summed E-state index contributed by atoms with van der Waals surface area (Å²) in [7, 11) is 1.87. The van der Waals surface area contributed by atoms with Gasteiger partial charge in [0.05, 0.1) is 52.0 Å². The fourth-order valence-electron chi connectivity index (χ4n) is 2.64. The smallest absolute Gasteiger partial charge is 0.170 e. The molecule has 26 heavy (non-hydrogen) atoms. The van der Waals surface area contributed by atoms with E-state index in [1.54, 1.807) is 24.8 Å². The van der Waals surface area contributed by atoms with Gasteiger partial charge in [-0.25, -0.2) is 9.97 Å². The number of ketones is 1. The summed E-state index contributed by atoms with van der Waals surface area (Å²) in [4.78, 5) is 25.8. The van der Waals surface area contributed by atoms with Crippen LogP contribution in [0.3, 0.4) is 0 Å². The van der Waals surface area contributed by atoms with E-state index in [0.29, 0.717) is 11.2 Å². The van der Waals surface area contributed by atoms with Crippen LogP contribution in [0.1, 0.15) is 21.5 Å². The molecule has 3 aromatic heterocycles. The van der Waals surface area contributed by atoms with Crippen LogP contribution < -0.4 is 0 Å². The lowest BCUT2D eigenvalue weighted by molar-refractivity contribution is 0.0992. The Kier molecular flexibility index (Phi) is 3.17. The van der Waals surface area contributed by atoms with Crippen molar-refractivity contribution in [3.63, 3.8) is 0 Å². The maximum Gasteiger partial charge on any atom is 0.170 e. The molecule has 0 bridgehead atoms. The van der Waals surface area contributed by atoms with E-state index in [-0.39, 0.29) is 17.0 Å². The van der Waals surface area contributed by atoms with E-state index < -0.39 is 30.0 Å². The Morgan fingerprint density at radius 2 is 2.12 bits per heavy atom. The normalized spacial score (nSPS) is 13.2. The standard InChI is InChI=1S/C20H15ClN4O/c1-25-12-22-11-19(25)17-7-6-13-10-23-14(8-18(13)24-17)9-20(26)15-4-2-3-5-16(15)21/h2-8,10-12H,9H2,1H3/i2D,3D,4D,5D. The summed E-state index contributed by atoms with van der Waals surface area (Å²) < 4.78 is 33.1. The van der Waals surface area contributed by atoms with Gasteiger partial charge in [0.1, 0.15) is 0 Å². The van der Waals surface area contributed by atoms with Crippen molar-refractivity contribution >= 4 is 28.3 Å². The van der Waals surface area contributed by atoms with Crippen molar-refractivity contribution in [3.05, 3.63) is 77.4 Å². The molecule has 0 spiro atoms. The minimum absolute atomic E-state index is 0.171. The highest BCUT2D eigenvalue weighted by atomic mass is 35.5. The zero-order valence-corrected chi connectivity index (χ0v) is 14.5. The number of carbonyl (C=O) groups is 1. The predicted molar refractivity (Wildman–Crippen MR) is 101 cm³/mol. The van der Waals surface area contributed by atoms with E-state index in [4.69, 9.17) is 17.1 Å². The summed E-state index contributed by atoms with van der Waals surface area (Å²) in [6.45, 7) is 0. The number of Topliss-reactive ketones (excluding diaryl/α,β-unsaturated/α-hetero) is 1. The van der Waals surface area contributed by atoms with E-state index >= 15 is 0 Å². The molecule has 4 rings (SSSR count). The van der Waals surface area contributed by atoms with Gasteiger partial charge in [0.2, 0.25) is 0 Å². The van der Waals surface area contributed by atoms with Gasteiger partial charge in [-0.3, -0.25) is 9.78 Å². The van der Waals surface area contributed by atoms with Crippen molar-refractivity contribution in [1.82, 2.24) is 19.5 Å². The summed E-state index contributed by atoms with van der Waals surface area (Å²) in [6, 6.07) is 3.57. The van der Waals surface area contributed by atoms with Gasteiger partial charge in [-0.1, -0.05) is 23.7 Å². The van der Waals surface area contributed by atoms with Crippen LogP contribution in [0.2, 0.25) is 5.02 Å². The Hall–Kier alpha value is -3.05. The highest BCUT2D eigenvalue weighted by Crippen LogP contribution is 2.21. The molecule has 0 aliphatic rings. The van der Waals surface area contributed by atoms with Crippen LogP contribution in [-0.4, -0.2) is 25.3 Å². The molecule has 5 nitrogen and oxygen atoms in total. The van der Waals surface area contributed by atoms with Gasteiger partial charge in [-0.05, 0) is 30.3 Å². The van der Waals surface area contributed by atoms with E-state index in [9.17, 15) is 4.79 Å². The number of pyridine rings is 2. The van der Waals surface area contributed by atoms with E-state index in [1.165, 1.54) is 0 Å².